The van der Waals surface area contributed by atoms with Gasteiger partial charge in [-0.15, -0.1) is 0 Å². The number of hydrogen-bond donors (Lipinski definition) is 1. The van der Waals surface area contributed by atoms with Crippen molar-refractivity contribution in [3.8, 4) is 0 Å². The maximum Gasteiger partial charge on any atom is 1.00 e. The van der Waals surface area contributed by atoms with Crippen LogP contribution in [-0.2, 0) is 10.1 Å². The number of hydrogen-bond acceptors (Lipinski definition) is 4. The van der Waals surface area contributed by atoms with E-state index in [1.807, 2.05) is 6.92 Å². The van der Waals surface area contributed by atoms with Crippen LogP contribution in [0.2, 0.25) is 0 Å². The Morgan fingerprint density at radius 1 is 0.783 bits per heavy atom. The molecule has 23 heavy (non-hydrogen) atoms. The second kappa shape index (κ2) is 16.3. The summed E-state index contributed by atoms with van der Waals surface area (Å²) in [6.07, 6.45) is 11.7. The first kappa shape index (κ1) is 26.1. The number of unbranched alkanes of at least 4 members (excludes halogenated alkanes) is 6. The Morgan fingerprint density at radius 2 is 1.26 bits per heavy atom. The van der Waals surface area contributed by atoms with Crippen molar-refractivity contribution in [1.82, 2.24) is 0 Å². The molecule has 0 spiro atoms. The van der Waals surface area contributed by atoms with Gasteiger partial charge < -0.3 is 9.66 Å². The van der Waals surface area contributed by atoms with Gasteiger partial charge in [0.05, 0.1) is 16.2 Å². The van der Waals surface area contributed by atoms with E-state index in [0.29, 0.717) is 12.8 Å². The Morgan fingerprint density at radius 3 is 1.74 bits per heavy atom. The van der Waals surface area contributed by atoms with Crippen molar-refractivity contribution in [2.45, 2.75) is 109 Å². The molecule has 0 aliphatic heterocycles. The minimum Gasteiger partial charge on any atom is -0.748 e. The molecule has 1 N–H and O–H groups in total. The quantitative estimate of drug-likeness (QED) is 0.272. The Balaban J connectivity index is 0. The number of aliphatic hydroxyl groups is 1. The van der Waals surface area contributed by atoms with Crippen molar-refractivity contribution >= 4 is 10.1 Å². The average Bonchev–Trinajstić information content (AvgIpc) is 2.44. The van der Waals surface area contributed by atoms with Crippen LogP contribution in [0, 0.1) is 0 Å². The van der Waals surface area contributed by atoms with E-state index in [2.05, 4.69) is 6.92 Å². The molecule has 0 aromatic heterocycles. The maximum atomic E-state index is 11.1. The van der Waals surface area contributed by atoms with Crippen molar-refractivity contribution in [3.05, 3.63) is 0 Å². The molecule has 0 saturated heterocycles. The van der Waals surface area contributed by atoms with Gasteiger partial charge in [-0.05, 0) is 25.7 Å². The molecule has 4 nitrogen and oxygen atoms in total. The predicted molar refractivity (Wildman–Crippen MR) is 90.9 cm³/mol. The normalized spacial score (nSPS) is 14.3. The largest absolute Gasteiger partial charge is 1.00 e. The molecule has 0 fully saturated rings. The van der Waals surface area contributed by atoms with Crippen LogP contribution in [0.5, 0.6) is 0 Å². The monoisotopic (exact) mass is 358 g/mol. The van der Waals surface area contributed by atoms with Gasteiger partial charge in [0.25, 0.3) is 0 Å². The molecule has 2 unspecified atom stereocenters. The molecular formula is C17H35NaO4S. The first-order valence-electron chi connectivity index (χ1n) is 9.04. The average molecular weight is 359 g/mol. The zero-order valence-electron chi connectivity index (χ0n) is 15.4. The van der Waals surface area contributed by atoms with Crippen LogP contribution < -0.4 is 29.6 Å². The van der Waals surface area contributed by atoms with Crippen LogP contribution in [0.4, 0.5) is 0 Å². The van der Waals surface area contributed by atoms with Crippen molar-refractivity contribution in [2.75, 3.05) is 0 Å². The molecule has 0 heterocycles. The molecule has 2 atom stereocenters. The third kappa shape index (κ3) is 16.1. The SMILES string of the molecule is CCCCCCCC(O)CCCCCC(CCC)S(=O)(=O)[O-].[Na+]. The summed E-state index contributed by atoms with van der Waals surface area (Å²) < 4.78 is 33.3. The molecule has 0 amide bonds. The van der Waals surface area contributed by atoms with E-state index in [4.69, 9.17) is 0 Å². The van der Waals surface area contributed by atoms with Gasteiger partial charge >= 0.3 is 29.6 Å². The molecule has 0 aromatic carbocycles. The maximum absolute atomic E-state index is 11.1. The summed E-state index contributed by atoms with van der Waals surface area (Å²) in [6, 6.07) is 0. The summed E-state index contributed by atoms with van der Waals surface area (Å²) >= 11 is 0. The smallest absolute Gasteiger partial charge is 0.748 e. The summed E-state index contributed by atoms with van der Waals surface area (Å²) in [6.45, 7) is 4.09. The van der Waals surface area contributed by atoms with Crippen molar-refractivity contribution in [1.29, 1.82) is 0 Å². The fourth-order valence-corrected chi connectivity index (χ4v) is 3.79. The summed E-state index contributed by atoms with van der Waals surface area (Å²) in [4.78, 5) is 0. The summed E-state index contributed by atoms with van der Waals surface area (Å²) in [5, 5.41) is 9.16. The molecule has 134 valence electrons. The zero-order chi connectivity index (χ0) is 16.8. The molecule has 0 aliphatic rings. The first-order valence-corrected chi connectivity index (χ1v) is 10.5. The molecule has 0 saturated carbocycles. The van der Waals surface area contributed by atoms with Gasteiger partial charge in [-0.2, -0.15) is 0 Å². The van der Waals surface area contributed by atoms with Gasteiger partial charge in [-0.3, -0.25) is 0 Å². The minimum atomic E-state index is -4.15. The van der Waals surface area contributed by atoms with E-state index in [9.17, 15) is 18.1 Å². The van der Waals surface area contributed by atoms with Crippen LogP contribution in [0.15, 0.2) is 0 Å². The van der Waals surface area contributed by atoms with Crippen LogP contribution >= 0.6 is 0 Å². The Labute approximate surface area is 165 Å². The van der Waals surface area contributed by atoms with E-state index in [1.165, 1.54) is 25.7 Å². The van der Waals surface area contributed by atoms with E-state index in [-0.39, 0.29) is 35.7 Å². The van der Waals surface area contributed by atoms with Crippen LogP contribution in [0.3, 0.4) is 0 Å². The van der Waals surface area contributed by atoms with Crippen LogP contribution in [-0.4, -0.2) is 29.4 Å². The van der Waals surface area contributed by atoms with Gasteiger partial charge in [0, 0.05) is 5.25 Å². The molecular weight excluding hydrogens is 323 g/mol. The molecule has 0 aromatic rings. The molecule has 0 aliphatic carbocycles. The van der Waals surface area contributed by atoms with E-state index >= 15 is 0 Å². The third-order valence-electron chi connectivity index (χ3n) is 4.22. The first-order chi connectivity index (χ1) is 10.4. The van der Waals surface area contributed by atoms with Gasteiger partial charge in [0.1, 0.15) is 0 Å². The van der Waals surface area contributed by atoms with E-state index in [1.54, 1.807) is 0 Å². The van der Waals surface area contributed by atoms with Crippen LogP contribution in [0.25, 0.3) is 0 Å². The molecule has 0 bridgehead atoms. The predicted octanol–water partition coefficient (Wildman–Crippen LogP) is 1.38. The second-order valence-electron chi connectivity index (χ2n) is 6.40. The number of rotatable bonds is 15. The summed E-state index contributed by atoms with van der Waals surface area (Å²) in [7, 11) is -4.15. The van der Waals surface area contributed by atoms with E-state index < -0.39 is 15.4 Å². The number of aliphatic hydroxyl groups excluding tert-OH is 1. The molecule has 0 rings (SSSR count). The van der Waals surface area contributed by atoms with Gasteiger partial charge in [0.15, 0.2) is 0 Å². The Hall–Kier alpha value is 0.870. The Kier molecular flexibility index (Phi) is 18.5. The molecule has 6 heteroatoms. The standard InChI is InChI=1S/C17H36O4S.Na/c1-3-5-6-7-9-13-16(18)14-10-8-11-15-17(12-4-2)22(19,20)21;/h16-18H,3-15H2,1-2H3,(H,19,20,21);/q;+1/p-1. The summed E-state index contributed by atoms with van der Waals surface area (Å²) in [5.41, 5.74) is 0. The fraction of sp³-hybridized carbons (Fsp3) is 1.00. The Bertz CT molecular complexity index is 347. The third-order valence-corrected chi connectivity index (χ3v) is 5.51. The molecule has 0 radical (unpaired) electrons. The van der Waals surface area contributed by atoms with Gasteiger partial charge in [-0.25, -0.2) is 8.42 Å². The van der Waals surface area contributed by atoms with Crippen molar-refractivity contribution in [3.63, 3.8) is 0 Å². The topological polar surface area (TPSA) is 77.4 Å². The zero-order valence-corrected chi connectivity index (χ0v) is 18.2. The van der Waals surface area contributed by atoms with Gasteiger partial charge in [-0.1, -0.05) is 71.6 Å². The van der Waals surface area contributed by atoms with Gasteiger partial charge in [0.2, 0.25) is 0 Å². The van der Waals surface area contributed by atoms with Crippen molar-refractivity contribution < 1.29 is 47.6 Å². The van der Waals surface area contributed by atoms with Crippen LogP contribution in [0.1, 0.15) is 97.3 Å². The summed E-state index contributed by atoms with van der Waals surface area (Å²) in [5.74, 6) is 0. The van der Waals surface area contributed by atoms with E-state index in [0.717, 1.165) is 44.9 Å². The minimum absolute atomic E-state index is 0. The van der Waals surface area contributed by atoms with Crippen molar-refractivity contribution in [2.24, 2.45) is 0 Å². The fourth-order valence-electron chi connectivity index (χ4n) is 2.81. The second-order valence-corrected chi connectivity index (χ2v) is 8.05.